The number of hydrogen-bond donors (Lipinski definition) is 0. The summed E-state index contributed by atoms with van der Waals surface area (Å²) in [5.74, 6) is 0. The number of anilines is 3. The maximum Gasteiger partial charge on any atom is 0.135 e. The number of halogens is 2. The molecule has 0 aliphatic carbocycles. The Kier molecular flexibility index (Phi) is 5.26. The predicted molar refractivity (Wildman–Crippen MR) is 144 cm³/mol. The maximum atomic E-state index is 6.22. The van der Waals surface area contributed by atoms with Crippen molar-refractivity contribution in [1.82, 2.24) is 0 Å². The summed E-state index contributed by atoms with van der Waals surface area (Å²) in [7, 11) is 0. The van der Waals surface area contributed by atoms with E-state index < -0.39 is 0 Å². The molecule has 1 heterocycles. The van der Waals surface area contributed by atoms with Crippen LogP contribution in [0, 0.1) is 0 Å². The highest BCUT2D eigenvalue weighted by Crippen LogP contribution is 2.39. The van der Waals surface area contributed by atoms with Gasteiger partial charge in [-0.2, -0.15) is 0 Å². The van der Waals surface area contributed by atoms with Crippen molar-refractivity contribution in [2.75, 3.05) is 4.90 Å². The maximum absolute atomic E-state index is 6.22. The van der Waals surface area contributed by atoms with Crippen LogP contribution in [0.25, 0.3) is 33.1 Å². The fraction of sp³-hybridized carbons (Fsp3) is 0. The van der Waals surface area contributed by atoms with Gasteiger partial charge in [0.15, 0.2) is 0 Å². The standard InChI is InChI=1S/C30H19Cl2NO/c31-22-16-21(17-23(32)18-22)20-10-12-25(13-11-20)33(24-6-2-1-3-7-24)26-14-15-30-28(19-26)27-8-4-5-9-29(27)34-30/h1-19H. The molecule has 6 aromatic rings. The molecule has 6 rings (SSSR count). The Morgan fingerprint density at radius 1 is 0.471 bits per heavy atom. The third kappa shape index (κ3) is 3.81. The molecule has 5 aromatic carbocycles. The van der Waals surface area contributed by atoms with Crippen molar-refractivity contribution in [3.8, 4) is 11.1 Å². The number of nitrogens with zero attached hydrogens (tertiary/aromatic N) is 1. The van der Waals surface area contributed by atoms with Gasteiger partial charge in [-0.05, 0) is 77.9 Å². The van der Waals surface area contributed by atoms with E-state index in [2.05, 4.69) is 71.6 Å². The first-order valence-electron chi connectivity index (χ1n) is 11.0. The van der Waals surface area contributed by atoms with Crippen molar-refractivity contribution in [2.45, 2.75) is 0 Å². The van der Waals surface area contributed by atoms with Crippen LogP contribution in [-0.2, 0) is 0 Å². The summed E-state index contributed by atoms with van der Waals surface area (Å²) in [6.07, 6.45) is 0. The van der Waals surface area contributed by atoms with Crippen molar-refractivity contribution in [3.05, 3.63) is 125 Å². The zero-order valence-electron chi connectivity index (χ0n) is 18.1. The largest absolute Gasteiger partial charge is 0.456 e. The average Bonchev–Trinajstić information content (AvgIpc) is 3.23. The summed E-state index contributed by atoms with van der Waals surface area (Å²) in [6, 6.07) is 38.9. The highest BCUT2D eigenvalue weighted by molar-refractivity contribution is 6.35. The molecule has 0 aliphatic rings. The number of benzene rings is 5. The molecule has 0 unspecified atom stereocenters. The zero-order chi connectivity index (χ0) is 23.1. The van der Waals surface area contributed by atoms with E-state index in [1.54, 1.807) is 6.07 Å². The Morgan fingerprint density at radius 2 is 1.09 bits per heavy atom. The number of para-hydroxylation sites is 2. The van der Waals surface area contributed by atoms with Crippen molar-refractivity contribution in [3.63, 3.8) is 0 Å². The number of rotatable bonds is 4. The first-order chi connectivity index (χ1) is 16.7. The number of fused-ring (bicyclic) bond motifs is 3. The highest BCUT2D eigenvalue weighted by atomic mass is 35.5. The number of hydrogen-bond acceptors (Lipinski definition) is 2. The Hall–Kier alpha value is -3.72. The normalized spacial score (nSPS) is 11.2. The van der Waals surface area contributed by atoms with Gasteiger partial charge in [0.25, 0.3) is 0 Å². The molecule has 4 heteroatoms. The molecule has 1 aromatic heterocycles. The fourth-order valence-corrected chi connectivity index (χ4v) is 4.93. The van der Waals surface area contributed by atoms with Crippen molar-refractivity contribution < 1.29 is 4.42 Å². The second kappa shape index (κ2) is 8.57. The van der Waals surface area contributed by atoms with Crippen LogP contribution < -0.4 is 4.90 Å². The fourth-order valence-electron chi connectivity index (χ4n) is 4.40. The lowest BCUT2D eigenvalue weighted by atomic mass is 10.0. The zero-order valence-corrected chi connectivity index (χ0v) is 19.6. The molecule has 0 amide bonds. The molecule has 0 fully saturated rings. The lowest BCUT2D eigenvalue weighted by Crippen LogP contribution is -2.09. The Labute approximate surface area is 207 Å². The van der Waals surface area contributed by atoms with Crippen LogP contribution >= 0.6 is 23.2 Å². The van der Waals surface area contributed by atoms with E-state index in [4.69, 9.17) is 27.6 Å². The van der Waals surface area contributed by atoms with E-state index in [1.807, 2.05) is 42.5 Å². The molecule has 164 valence electrons. The van der Waals surface area contributed by atoms with Crippen LogP contribution in [0.3, 0.4) is 0 Å². The third-order valence-corrected chi connectivity index (χ3v) is 6.39. The minimum absolute atomic E-state index is 0.623. The van der Waals surface area contributed by atoms with E-state index in [9.17, 15) is 0 Å². The summed E-state index contributed by atoms with van der Waals surface area (Å²) in [5.41, 5.74) is 7.00. The van der Waals surface area contributed by atoms with E-state index in [0.717, 1.165) is 50.1 Å². The summed E-state index contributed by atoms with van der Waals surface area (Å²) in [5, 5.41) is 3.45. The summed E-state index contributed by atoms with van der Waals surface area (Å²) >= 11 is 12.4. The topological polar surface area (TPSA) is 16.4 Å². The van der Waals surface area contributed by atoms with Gasteiger partial charge in [-0.25, -0.2) is 0 Å². The lowest BCUT2D eigenvalue weighted by Gasteiger charge is -2.25. The number of furan rings is 1. The molecule has 0 spiro atoms. The molecular formula is C30H19Cl2NO. The van der Waals surface area contributed by atoms with Gasteiger partial charge in [-0.15, -0.1) is 0 Å². The van der Waals surface area contributed by atoms with Crippen molar-refractivity contribution >= 4 is 62.2 Å². The van der Waals surface area contributed by atoms with Crippen LogP contribution in [0.2, 0.25) is 10.0 Å². The minimum atomic E-state index is 0.623. The van der Waals surface area contributed by atoms with Crippen molar-refractivity contribution in [2.24, 2.45) is 0 Å². The quantitative estimate of drug-likeness (QED) is 0.250. The second-order valence-electron chi connectivity index (χ2n) is 8.15. The molecular weight excluding hydrogens is 461 g/mol. The van der Waals surface area contributed by atoms with Crippen LogP contribution in [0.4, 0.5) is 17.1 Å². The SMILES string of the molecule is Clc1cc(Cl)cc(-c2ccc(N(c3ccccc3)c3ccc4oc5ccccc5c4c3)cc2)c1. The van der Waals surface area contributed by atoms with Crippen LogP contribution in [0.1, 0.15) is 0 Å². The van der Waals surface area contributed by atoms with Crippen LogP contribution in [-0.4, -0.2) is 0 Å². The van der Waals surface area contributed by atoms with E-state index in [0.29, 0.717) is 10.0 Å². The van der Waals surface area contributed by atoms with Gasteiger partial charge in [-0.1, -0.05) is 71.7 Å². The molecule has 0 aliphatic heterocycles. The smallest absolute Gasteiger partial charge is 0.135 e. The van der Waals surface area contributed by atoms with Crippen LogP contribution in [0.5, 0.6) is 0 Å². The Balaban J connectivity index is 1.48. The van der Waals surface area contributed by atoms with Crippen LogP contribution in [0.15, 0.2) is 120 Å². The lowest BCUT2D eigenvalue weighted by molar-refractivity contribution is 0.669. The van der Waals surface area contributed by atoms with Gasteiger partial charge in [0.05, 0.1) is 0 Å². The van der Waals surface area contributed by atoms with Gasteiger partial charge in [0.2, 0.25) is 0 Å². The molecule has 0 saturated carbocycles. The molecule has 0 radical (unpaired) electrons. The molecule has 2 nitrogen and oxygen atoms in total. The third-order valence-electron chi connectivity index (χ3n) is 5.95. The second-order valence-corrected chi connectivity index (χ2v) is 9.03. The first-order valence-corrected chi connectivity index (χ1v) is 11.7. The Morgan fingerprint density at radius 3 is 1.85 bits per heavy atom. The molecule has 0 N–H and O–H groups in total. The summed E-state index contributed by atoms with van der Waals surface area (Å²) in [6.45, 7) is 0. The Bertz CT molecular complexity index is 1600. The van der Waals surface area contributed by atoms with Gasteiger partial charge < -0.3 is 9.32 Å². The minimum Gasteiger partial charge on any atom is -0.456 e. The average molecular weight is 480 g/mol. The highest BCUT2D eigenvalue weighted by Gasteiger charge is 2.15. The predicted octanol–water partition coefficient (Wildman–Crippen LogP) is 10.0. The van der Waals surface area contributed by atoms with Gasteiger partial charge in [0, 0.05) is 37.9 Å². The first kappa shape index (κ1) is 20.9. The van der Waals surface area contributed by atoms with Gasteiger partial charge in [-0.3, -0.25) is 0 Å². The van der Waals surface area contributed by atoms with Gasteiger partial charge >= 0.3 is 0 Å². The van der Waals surface area contributed by atoms with E-state index in [-0.39, 0.29) is 0 Å². The molecule has 0 saturated heterocycles. The van der Waals surface area contributed by atoms with Crippen molar-refractivity contribution in [1.29, 1.82) is 0 Å². The molecule has 34 heavy (non-hydrogen) atoms. The molecule has 0 bridgehead atoms. The van der Waals surface area contributed by atoms with Gasteiger partial charge in [0.1, 0.15) is 11.2 Å². The summed E-state index contributed by atoms with van der Waals surface area (Å²) in [4.78, 5) is 2.25. The van der Waals surface area contributed by atoms with E-state index >= 15 is 0 Å². The van der Waals surface area contributed by atoms with E-state index in [1.165, 1.54) is 0 Å². The molecule has 0 atom stereocenters. The monoisotopic (exact) mass is 479 g/mol. The summed E-state index contributed by atoms with van der Waals surface area (Å²) < 4.78 is 6.04.